The van der Waals surface area contributed by atoms with Crippen LogP contribution in [0.4, 0.5) is 18.9 Å². The summed E-state index contributed by atoms with van der Waals surface area (Å²) in [5.41, 5.74) is 0.562. The Kier molecular flexibility index (Phi) is 4.92. The van der Waals surface area contributed by atoms with Crippen LogP contribution < -0.4 is 10.1 Å². The Labute approximate surface area is 131 Å². The molecule has 0 fully saturated rings. The van der Waals surface area contributed by atoms with Crippen LogP contribution in [0.25, 0.3) is 0 Å². The molecule has 2 rings (SSSR count). The molecule has 2 aromatic rings. The number of amides is 1. The molecule has 0 unspecified atom stereocenters. The summed E-state index contributed by atoms with van der Waals surface area (Å²) in [4.78, 5) is 12.0. The van der Waals surface area contributed by atoms with Crippen molar-refractivity contribution in [3.8, 4) is 5.75 Å². The van der Waals surface area contributed by atoms with Crippen molar-refractivity contribution in [3.63, 3.8) is 0 Å². The van der Waals surface area contributed by atoms with Crippen LogP contribution in [0.3, 0.4) is 0 Å². The highest BCUT2D eigenvalue weighted by atomic mass is 19.4. The maximum atomic E-state index is 12.2. The zero-order valence-electron chi connectivity index (χ0n) is 12.6. The molecule has 1 heterocycles. The van der Waals surface area contributed by atoms with Gasteiger partial charge in [0.2, 0.25) is 0 Å². The number of carbonyl (C=O) groups excluding carboxylic acids is 1. The highest BCUT2D eigenvalue weighted by Crippen LogP contribution is 2.19. The average Bonchev–Trinajstić information content (AvgIpc) is 2.83. The summed E-state index contributed by atoms with van der Waals surface area (Å²) in [7, 11) is 0. The molecule has 23 heavy (non-hydrogen) atoms. The Balaban J connectivity index is 1.99. The Bertz CT molecular complexity index is 663. The van der Waals surface area contributed by atoms with Crippen LogP contribution in [0.2, 0.25) is 0 Å². The van der Waals surface area contributed by atoms with Gasteiger partial charge in [-0.2, -0.15) is 18.3 Å². The van der Waals surface area contributed by atoms with Crippen LogP contribution in [-0.4, -0.2) is 28.0 Å². The van der Waals surface area contributed by atoms with Crippen LogP contribution in [0.15, 0.2) is 36.7 Å². The molecule has 0 bridgehead atoms. The van der Waals surface area contributed by atoms with E-state index >= 15 is 0 Å². The zero-order valence-corrected chi connectivity index (χ0v) is 12.6. The van der Waals surface area contributed by atoms with E-state index in [9.17, 15) is 18.0 Å². The number of rotatable bonds is 5. The van der Waals surface area contributed by atoms with Crippen molar-refractivity contribution in [3.05, 3.63) is 42.2 Å². The number of ether oxygens (including phenoxy) is 1. The molecular formula is C15H16F3N3O2. The minimum absolute atomic E-state index is 0.0224. The van der Waals surface area contributed by atoms with Crippen LogP contribution in [-0.2, 0) is 6.54 Å². The first-order valence-corrected chi connectivity index (χ1v) is 6.90. The van der Waals surface area contributed by atoms with E-state index in [1.165, 1.54) is 6.20 Å². The highest BCUT2D eigenvalue weighted by molar-refractivity contribution is 6.04. The van der Waals surface area contributed by atoms with Crippen molar-refractivity contribution in [2.45, 2.75) is 32.7 Å². The van der Waals surface area contributed by atoms with Gasteiger partial charge in [-0.3, -0.25) is 9.48 Å². The van der Waals surface area contributed by atoms with E-state index in [0.717, 1.165) is 10.9 Å². The first-order valence-electron chi connectivity index (χ1n) is 6.90. The van der Waals surface area contributed by atoms with Gasteiger partial charge in [0.1, 0.15) is 12.3 Å². The maximum absolute atomic E-state index is 12.2. The number of hydrogen-bond acceptors (Lipinski definition) is 3. The smallest absolute Gasteiger partial charge is 0.408 e. The minimum atomic E-state index is -4.36. The predicted octanol–water partition coefficient (Wildman–Crippen LogP) is 3.48. The van der Waals surface area contributed by atoms with Gasteiger partial charge >= 0.3 is 6.18 Å². The van der Waals surface area contributed by atoms with Gasteiger partial charge < -0.3 is 10.1 Å². The normalized spacial score (nSPS) is 11.6. The van der Waals surface area contributed by atoms with Crippen LogP contribution >= 0.6 is 0 Å². The number of carbonyl (C=O) groups is 1. The van der Waals surface area contributed by atoms with Gasteiger partial charge in [-0.1, -0.05) is 0 Å². The minimum Gasteiger partial charge on any atom is -0.491 e. The van der Waals surface area contributed by atoms with Crippen LogP contribution in [0.1, 0.15) is 24.2 Å². The van der Waals surface area contributed by atoms with Crippen molar-refractivity contribution in [1.29, 1.82) is 0 Å². The Morgan fingerprint density at radius 2 is 1.96 bits per heavy atom. The number of nitrogens with one attached hydrogen (secondary N) is 1. The Hall–Kier alpha value is -2.51. The maximum Gasteiger partial charge on any atom is 0.408 e. The lowest BCUT2D eigenvalue weighted by atomic mass is 10.2. The van der Waals surface area contributed by atoms with E-state index in [4.69, 9.17) is 4.74 Å². The molecule has 8 heteroatoms. The molecule has 0 radical (unpaired) electrons. The molecule has 0 aliphatic rings. The number of benzene rings is 1. The lowest BCUT2D eigenvalue weighted by Gasteiger charge is -2.10. The monoisotopic (exact) mass is 327 g/mol. The lowest BCUT2D eigenvalue weighted by Crippen LogP contribution is -2.18. The molecule has 0 saturated carbocycles. The van der Waals surface area contributed by atoms with E-state index < -0.39 is 18.6 Å². The number of hydrogen-bond donors (Lipinski definition) is 1. The van der Waals surface area contributed by atoms with E-state index in [0.29, 0.717) is 11.3 Å². The quantitative estimate of drug-likeness (QED) is 0.915. The summed E-state index contributed by atoms with van der Waals surface area (Å²) in [5.74, 6) is 0.196. The molecule has 0 aliphatic carbocycles. The molecule has 0 spiro atoms. The van der Waals surface area contributed by atoms with Crippen molar-refractivity contribution >= 4 is 11.6 Å². The summed E-state index contributed by atoms with van der Waals surface area (Å²) in [5, 5.41) is 6.05. The van der Waals surface area contributed by atoms with Gasteiger partial charge in [0.05, 0.1) is 18.0 Å². The SMILES string of the molecule is CC(C)Oc1ccc(C(=O)Nc2cnn(CC(F)(F)F)c2)cc1. The average molecular weight is 327 g/mol. The van der Waals surface area contributed by atoms with E-state index in [-0.39, 0.29) is 11.8 Å². The number of aromatic nitrogens is 2. The molecule has 0 saturated heterocycles. The fourth-order valence-corrected chi connectivity index (χ4v) is 1.86. The van der Waals surface area contributed by atoms with Crippen LogP contribution in [0, 0.1) is 0 Å². The second-order valence-electron chi connectivity index (χ2n) is 5.19. The standard InChI is InChI=1S/C15H16F3N3O2/c1-10(2)23-13-5-3-11(4-6-13)14(22)20-12-7-19-21(8-12)9-15(16,17)18/h3-8,10H,9H2,1-2H3,(H,20,22). The Morgan fingerprint density at radius 1 is 1.30 bits per heavy atom. The molecule has 5 nitrogen and oxygen atoms in total. The number of anilines is 1. The molecule has 1 aromatic carbocycles. The van der Waals surface area contributed by atoms with Gasteiger partial charge in [-0.25, -0.2) is 0 Å². The predicted molar refractivity (Wildman–Crippen MR) is 78.4 cm³/mol. The fourth-order valence-electron chi connectivity index (χ4n) is 1.86. The summed E-state index contributed by atoms with van der Waals surface area (Å²) in [6.45, 7) is 2.57. The second kappa shape index (κ2) is 6.72. The summed E-state index contributed by atoms with van der Waals surface area (Å²) in [6, 6.07) is 6.46. The number of nitrogens with zero attached hydrogens (tertiary/aromatic N) is 2. The van der Waals surface area contributed by atoms with Crippen molar-refractivity contribution < 1.29 is 22.7 Å². The van der Waals surface area contributed by atoms with E-state index in [1.54, 1.807) is 24.3 Å². The first-order chi connectivity index (χ1) is 10.7. The molecular weight excluding hydrogens is 311 g/mol. The summed E-state index contributed by atoms with van der Waals surface area (Å²) < 4.78 is 42.9. The number of halogens is 3. The van der Waals surface area contributed by atoms with Gasteiger partial charge in [-0.15, -0.1) is 0 Å². The molecule has 1 amide bonds. The lowest BCUT2D eigenvalue weighted by molar-refractivity contribution is -0.142. The first kappa shape index (κ1) is 16.9. The molecule has 124 valence electrons. The van der Waals surface area contributed by atoms with E-state index in [2.05, 4.69) is 10.4 Å². The summed E-state index contributed by atoms with van der Waals surface area (Å²) >= 11 is 0. The largest absolute Gasteiger partial charge is 0.491 e. The zero-order chi connectivity index (χ0) is 17.0. The molecule has 1 N–H and O–H groups in total. The second-order valence-corrected chi connectivity index (χ2v) is 5.19. The van der Waals surface area contributed by atoms with Crippen LogP contribution in [0.5, 0.6) is 5.75 Å². The molecule has 0 aliphatic heterocycles. The topological polar surface area (TPSA) is 56.1 Å². The Morgan fingerprint density at radius 3 is 2.52 bits per heavy atom. The third-order valence-electron chi connectivity index (χ3n) is 2.72. The van der Waals surface area contributed by atoms with E-state index in [1.807, 2.05) is 13.8 Å². The van der Waals surface area contributed by atoms with Gasteiger partial charge in [0.15, 0.2) is 0 Å². The van der Waals surface area contributed by atoms with Gasteiger partial charge in [0.25, 0.3) is 5.91 Å². The summed E-state index contributed by atoms with van der Waals surface area (Å²) in [6.07, 6.45) is -2.05. The van der Waals surface area contributed by atoms with Crippen molar-refractivity contribution in [2.75, 3.05) is 5.32 Å². The third kappa shape index (κ3) is 5.32. The highest BCUT2D eigenvalue weighted by Gasteiger charge is 2.28. The number of alkyl halides is 3. The molecule has 1 aromatic heterocycles. The van der Waals surface area contributed by atoms with Gasteiger partial charge in [-0.05, 0) is 38.1 Å². The fraction of sp³-hybridized carbons (Fsp3) is 0.333. The third-order valence-corrected chi connectivity index (χ3v) is 2.72. The molecule has 0 atom stereocenters. The van der Waals surface area contributed by atoms with Crippen molar-refractivity contribution in [2.24, 2.45) is 0 Å². The van der Waals surface area contributed by atoms with Crippen molar-refractivity contribution in [1.82, 2.24) is 9.78 Å². The van der Waals surface area contributed by atoms with Gasteiger partial charge in [0, 0.05) is 11.8 Å².